The summed E-state index contributed by atoms with van der Waals surface area (Å²) in [4.78, 5) is 8.10. The standard InChI is InChI=1S/C14H15N5O/c1-9(2)20-14-12(16)13(17-8-18-14)19-11-5-3-10(7-15)4-6-11/h3-6,8-9H,16H2,1-2H3,(H,17,18,19). The zero-order valence-corrected chi connectivity index (χ0v) is 11.3. The predicted octanol–water partition coefficient (Wildman–Crippen LogP) is 2.46. The van der Waals surface area contributed by atoms with Gasteiger partial charge in [-0.1, -0.05) is 0 Å². The number of nitrogen functional groups attached to an aromatic ring is 1. The Morgan fingerprint density at radius 1 is 1.25 bits per heavy atom. The fourth-order valence-electron chi connectivity index (χ4n) is 1.56. The van der Waals surface area contributed by atoms with E-state index in [1.807, 2.05) is 13.8 Å². The molecule has 0 aliphatic rings. The van der Waals surface area contributed by atoms with Crippen LogP contribution in [0.2, 0.25) is 0 Å². The van der Waals surface area contributed by atoms with E-state index in [9.17, 15) is 0 Å². The van der Waals surface area contributed by atoms with Crippen LogP contribution in [0.1, 0.15) is 19.4 Å². The van der Waals surface area contributed by atoms with Crippen molar-refractivity contribution in [2.45, 2.75) is 20.0 Å². The topological polar surface area (TPSA) is 96.9 Å². The fourth-order valence-corrected chi connectivity index (χ4v) is 1.56. The van der Waals surface area contributed by atoms with Gasteiger partial charge in [0.05, 0.1) is 17.7 Å². The molecule has 20 heavy (non-hydrogen) atoms. The lowest BCUT2D eigenvalue weighted by Crippen LogP contribution is -2.10. The minimum Gasteiger partial charge on any atom is -0.473 e. The summed E-state index contributed by atoms with van der Waals surface area (Å²) in [5.74, 6) is 0.825. The van der Waals surface area contributed by atoms with Gasteiger partial charge in [-0.3, -0.25) is 0 Å². The number of benzene rings is 1. The quantitative estimate of drug-likeness (QED) is 0.884. The molecule has 1 aromatic heterocycles. The number of hydrogen-bond donors (Lipinski definition) is 2. The maximum Gasteiger partial charge on any atom is 0.242 e. The van der Waals surface area contributed by atoms with Crippen LogP contribution in [0.4, 0.5) is 17.2 Å². The van der Waals surface area contributed by atoms with E-state index in [-0.39, 0.29) is 6.10 Å². The Morgan fingerprint density at radius 2 is 1.95 bits per heavy atom. The van der Waals surface area contributed by atoms with Crippen LogP contribution >= 0.6 is 0 Å². The first-order valence-corrected chi connectivity index (χ1v) is 6.14. The Labute approximate surface area is 117 Å². The highest BCUT2D eigenvalue weighted by molar-refractivity contribution is 5.72. The Balaban J connectivity index is 2.22. The van der Waals surface area contributed by atoms with E-state index in [1.165, 1.54) is 6.33 Å². The molecule has 2 rings (SSSR count). The average molecular weight is 269 g/mol. The molecule has 6 nitrogen and oxygen atoms in total. The van der Waals surface area contributed by atoms with Gasteiger partial charge < -0.3 is 15.8 Å². The van der Waals surface area contributed by atoms with E-state index in [0.29, 0.717) is 22.9 Å². The third-order valence-corrected chi connectivity index (χ3v) is 2.47. The maximum atomic E-state index is 8.76. The first kappa shape index (κ1) is 13.6. The summed E-state index contributed by atoms with van der Waals surface area (Å²) >= 11 is 0. The summed E-state index contributed by atoms with van der Waals surface area (Å²) in [6.45, 7) is 3.80. The summed E-state index contributed by atoms with van der Waals surface area (Å²) in [5, 5.41) is 11.8. The van der Waals surface area contributed by atoms with Crippen molar-refractivity contribution in [1.82, 2.24) is 9.97 Å². The second-order valence-electron chi connectivity index (χ2n) is 4.42. The zero-order chi connectivity index (χ0) is 14.5. The van der Waals surface area contributed by atoms with Gasteiger partial charge in [-0.2, -0.15) is 10.2 Å². The molecule has 0 amide bonds. The molecule has 2 aromatic rings. The van der Waals surface area contributed by atoms with Gasteiger partial charge in [-0.25, -0.2) is 4.98 Å². The molecule has 0 saturated carbocycles. The van der Waals surface area contributed by atoms with Crippen molar-refractivity contribution in [2.75, 3.05) is 11.1 Å². The summed E-state index contributed by atoms with van der Waals surface area (Å²) in [6, 6.07) is 9.05. The van der Waals surface area contributed by atoms with E-state index in [4.69, 9.17) is 15.7 Å². The molecule has 1 heterocycles. The van der Waals surface area contributed by atoms with E-state index < -0.39 is 0 Å². The van der Waals surface area contributed by atoms with Gasteiger partial charge in [-0.05, 0) is 38.1 Å². The van der Waals surface area contributed by atoms with Crippen LogP contribution in [-0.4, -0.2) is 16.1 Å². The molecule has 102 valence electrons. The fraction of sp³-hybridized carbons (Fsp3) is 0.214. The lowest BCUT2D eigenvalue weighted by molar-refractivity contribution is 0.234. The molecule has 0 fully saturated rings. The molecule has 0 saturated heterocycles. The summed E-state index contributed by atoms with van der Waals surface area (Å²) in [6.07, 6.45) is 1.37. The third kappa shape index (κ3) is 3.14. The largest absolute Gasteiger partial charge is 0.473 e. The monoisotopic (exact) mass is 269 g/mol. The summed E-state index contributed by atoms with van der Waals surface area (Å²) in [7, 11) is 0. The second-order valence-corrected chi connectivity index (χ2v) is 4.42. The van der Waals surface area contributed by atoms with Crippen LogP contribution in [0.5, 0.6) is 5.88 Å². The van der Waals surface area contributed by atoms with Crippen molar-refractivity contribution >= 4 is 17.2 Å². The lowest BCUT2D eigenvalue weighted by atomic mass is 10.2. The number of hydrogen-bond acceptors (Lipinski definition) is 6. The highest BCUT2D eigenvalue weighted by Crippen LogP contribution is 2.27. The van der Waals surface area contributed by atoms with E-state index in [0.717, 1.165) is 5.69 Å². The third-order valence-electron chi connectivity index (χ3n) is 2.47. The Bertz CT molecular complexity index is 631. The molecule has 0 unspecified atom stereocenters. The molecule has 0 aliphatic heterocycles. The number of ether oxygens (including phenoxy) is 1. The maximum absolute atomic E-state index is 8.76. The molecule has 0 aliphatic carbocycles. The minimum absolute atomic E-state index is 0.0186. The molecule has 3 N–H and O–H groups in total. The van der Waals surface area contributed by atoms with Gasteiger partial charge in [0.1, 0.15) is 12.0 Å². The molecule has 0 radical (unpaired) electrons. The Kier molecular flexibility index (Phi) is 4.01. The van der Waals surface area contributed by atoms with Crippen molar-refractivity contribution in [3.8, 4) is 11.9 Å². The summed E-state index contributed by atoms with van der Waals surface area (Å²) < 4.78 is 5.50. The van der Waals surface area contributed by atoms with Gasteiger partial charge in [0.25, 0.3) is 0 Å². The number of rotatable bonds is 4. The highest BCUT2D eigenvalue weighted by atomic mass is 16.5. The van der Waals surface area contributed by atoms with Crippen molar-refractivity contribution < 1.29 is 4.74 Å². The molecule has 1 aromatic carbocycles. The summed E-state index contributed by atoms with van der Waals surface area (Å²) in [5.41, 5.74) is 7.70. The lowest BCUT2D eigenvalue weighted by Gasteiger charge is -2.13. The number of nitrogens with zero attached hydrogens (tertiary/aromatic N) is 3. The van der Waals surface area contributed by atoms with E-state index in [1.54, 1.807) is 24.3 Å². The first-order valence-electron chi connectivity index (χ1n) is 6.14. The van der Waals surface area contributed by atoms with Crippen LogP contribution in [0, 0.1) is 11.3 Å². The second kappa shape index (κ2) is 5.89. The SMILES string of the molecule is CC(C)Oc1ncnc(Nc2ccc(C#N)cc2)c1N. The highest BCUT2D eigenvalue weighted by Gasteiger charge is 2.10. The number of nitriles is 1. The van der Waals surface area contributed by atoms with Gasteiger partial charge >= 0.3 is 0 Å². The number of nitrogens with two attached hydrogens (primary N) is 1. The van der Waals surface area contributed by atoms with Gasteiger partial charge in [0, 0.05) is 5.69 Å². The van der Waals surface area contributed by atoms with Crippen molar-refractivity contribution in [3.63, 3.8) is 0 Å². The Hall–Kier alpha value is -2.81. The van der Waals surface area contributed by atoms with Gasteiger partial charge in [0.15, 0.2) is 5.82 Å². The smallest absolute Gasteiger partial charge is 0.242 e. The average Bonchev–Trinajstić information content (AvgIpc) is 2.43. The van der Waals surface area contributed by atoms with Gasteiger partial charge in [0.2, 0.25) is 5.88 Å². The number of aromatic nitrogens is 2. The minimum atomic E-state index is -0.0186. The van der Waals surface area contributed by atoms with Crippen molar-refractivity contribution in [3.05, 3.63) is 36.2 Å². The van der Waals surface area contributed by atoms with Crippen LogP contribution in [0.15, 0.2) is 30.6 Å². The Morgan fingerprint density at radius 3 is 2.55 bits per heavy atom. The number of anilines is 3. The predicted molar refractivity (Wildman–Crippen MR) is 76.6 cm³/mol. The normalized spacial score (nSPS) is 10.1. The number of nitrogens with one attached hydrogen (secondary N) is 1. The van der Waals surface area contributed by atoms with Gasteiger partial charge in [-0.15, -0.1) is 0 Å². The molecule has 0 bridgehead atoms. The molecule has 0 spiro atoms. The van der Waals surface area contributed by atoms with Crippen molar-refractivity contribution in [1.29, 1.82) is 5.26 Å². The van der Waals surface area contributed by atoms with E-state index >= 15 is 0 Å². The van der Waals surface area contributed by atoms with Crippen LogP contribution < -0.4 is 15.8 Å². The van der Waals surface area contributed by atoms with Crippen LogP contribution in [0.25, 0.3) is 0 Å². The van der Waals surface area contributed by atoms with E-state index in [2.05, 4.69) is 21.4 Å². The first-order chi connectivity index (χ1) is 9.60. The van der Waals surface area contributed by atoms with Crippen LogP contribution in [0.3, 0.4) is 0 Å². The molecular weight excluding hydrogens is 254 g/mol. The van der Waals surface area contributed by atoms with Crippen molar-refractivity contribution in [2.24, 2.45) is 0 Å². The molecular formula is C14H15N5O. The zero-order valence-electron chi connectivity index (χ0n) is 11.3. The molecule has 6 heteroatoms. The van der Waals surface area contributed by atoms with Crippen LogP contribution in [-0.2, 0) is 0 Å². The molecule has 0 atom stereocenters.